The molecule has 0 amide bonds. The van der Waals surface area contributed by atoms with E-state index in [1.807, 2.05) is 22.8 Å². The minimum absolute atomic E-state index is 0.886. The predicted molar refractivity (Wildman–Crippen MR) is 91.1 cm³/mol. The summed E-state index contributed by atoms with van der Waals surface area (Å²) in [6.07, 6.45) is 2.76. The van der Waals surface area contributed by atoms with Gasteiger partial charge in [-0.05, 0) is 29.5 Å². The molecule has 0 unspecified atom stereocenters. The monoisotopic (exact) mass is 305 g/mol. The average molecular weight is 305 g/mol. The SMILES string of the molecule is CCc1nn2c(-c3ccsc3)ccnc2c1-c1ccccc1. The van der Waals surface area contributed by atoms with E-state index in [0.29, 0.717) is 0 Å². The van der Waals surface area contributed by atoms with Crippen LogP contribution in [0.3, 0.4) is 0 Å². The number of fused-ring (bicyclic) bond motifs is 1. The third-order valence-corrected chi connectivity index (χ3v) is 4.49. The van der Waals surface area contributed by atoms with Crippen LogP contribution in [0.15, 0.2) is 59.4 Å². The van der Waals surface area contributed by atoms with E-state index in [0.717, 1.165) is 29.0 Å². The summed E-state index contributed by atoms with van der Waals surface area (Å²) < 4.78 is 1.98. The molecule has 0 aliphatic carbocycles. The number of rotatable bonds is 3. The zero-order valence-corrected chi connectivity index (χ0v) is 13.0. The predicted octanol–water partition coefficient (Wildman–Crippen LogP) is 4.69. The number of aryl methyl sites for hydroxylation is 1. The second-order valence-electron chi connectivity index (χ2n) is 5.12. The van der Waals surface area contributed by atoms with Crippen molar-refractivity contribution in [2.24, 2.45) is 0 Å². The maximum absolute atomic E-state index is 4.82. The Morgan fingerprint density at radius 3 is 2.64 bits per heavy atom. The maximum Gasteiger partial charge on any atom is 0.163 e. The van der Waals surface area contributed by atoms with Crippen molar-refractivity contribution in [3.63, 3.8) is 0 Å². The standard InChI is InChI=1S/C18H15N3S/c1-2-15-17(13-6-4-3-5-7-13)18-19-10-8-16(21(18)20-15)14-9-11-22-12-14/h3-12H,2H2,1H3. The molecule has 1 aromatic carbocycles. The van der Waals surface area contributed by atoms with E-state index in [-0.39, 0.29) is 0 Å². The molecule has 0 radical (unpaired) electrons. The molecule has 4 rings (SSSR count). The van der Waals surface area contributed by atoms with Gasteiger partial charge in [-0.3, -0.25) is 0 Å². The first-order chi connectivity index (χ1) is 10.9. The molecule has 108 valence electrons. The molecule has 22 heavy (non-hydrogen) atoms. The highest BCUT2D eigenvalue weighted by molar-refractivity contribution is 7.08. The summed E-state index contributed by atoms with van der Waals surface area (Å²) in [7, 11) is 0. The number of benzene rings is 1. The number of hydrogen-bond acceptors (Lipinski definition) is 3. The largest absolute Gasteiger partial charge is 0.236 e. The van der Waals surface area contributed by atoms with Gasteiger partial charge in [-0.15, -0.1) is 0 Å². The summed E-state index contributed by atoms with van der Waals surface area (Å²) in [5, 5.41) is 9.05. The summed E-state index contributed by atoms with van der Waals surface area (Å²) >= 11 is 1.69. The zero-order chi connectivity index (χ0) is 14.9. The van der Waals surface area contributed by atoms with Gasteiger partial charge in [0.1, 0.15) is 0 Å². The Kier molecular flexibility index (Phi) is 3.24. The summed E-state index contributed by atoms with van der Waals surface area (Å²) in [6, 6.07) is 14.5. The van der Waals surface area contributed by atoms with Crippen LogP contribution in [0.4, 0.5) is 0 Å². The Bertz CT molecular complexity index is 908. The molecule has 3 aromatic heterocycles. The van der Waals surface area contributed by atoms with Crippen molar-refractivity contribution >= 4 is 17.0 Å². The van der Waals surface area contributed by atoms with Crippen LogP contribution in [0, 0.1) is 0 Å². The van der Waals surface area contributed by atoms with Crippen molar-refractivity contribution in [2.75, 3.05) is 0 Å². The van der Waals surface area contributed by atoms with Crippen molar-refractivity contribution < 1.29 is 0 Å². The molecule has 0 fully saturated rings. The Balaban J connectivity index is 2.04. The lowest BCUT2D eigenvalue weighted by Gasteiger charge is -2.03. The Labute approximate surface area is 132 Å². The molecule has 0 saturated carbocycles. The lowest BCUT2D eigenvalue weighted by Crippen LogP contribution is -1.95. The van der Waals surface area contributed by atoms with Gasteiger partial charge >= 0.3 is 0 Å². The number of thiophene rings is 1. The molecule has 0 saturated heterocycles. The van der Waals surface area contributed by atoms with E-state index in [1.54, 1.807) is 11.3 Å². The quantitative estimate of drug-likeness (QED) is 0.550. The van der Waals surface area contributed by atoms with Crippen LogP contribution in [0.5, 0.6) is 0 Å². The summed E-state index contributed by atoms with van der Waals surface area (Å²) in [4.78, 5) is 4.60. The van der Waals surface area contributed by atoms with E-state index >= 15 is 0 Å². The molecule has 0 spiro atoms. The second kappa shape index (κ2) is 5.39. The van der Waals surface area contributed by atoms with E-state index in [4.69, 9.17) is 5.10 Å². The van der Waals surface area contributed by atoms with Gasteiger partial charge in [-0.1, -0.05) is 37.3 Å². The smallest absolute Gasteiger partial charge is 0.163 e. The van der Waals surface area contributed by atoms with E-state index in [2.05, 4.69) is 53.0 Å². The number of aromatic nitrogens is 3. The molecular weight excluding hydrogens is 290 g/mol. The Morgan fingerprint density at radius 2 is 1.91 bits per heavy atom. The fourth-order valence-electron chi connectivity index (χ4n) is 2.77. The van der Waals surface area contributed by atoms with Crippen molar-refractivity contribution in [1.29, 1.82) is 0 Å². The average Bonchev–Trinajstić information content (AvgIpc) is 3.22. The number of hydrogen-bond donors (Lipinski definition) is 0. The van der Waals surface area contributed by atoms with Crippen LogP contribution in [0.2, 0.25) is 0 Å². The van der Waals surface area contributed by atoms with Gasteiger partial charge in [0.25, 0.3) is 0 Å². The zero-order valence-electron chi connectivity index (χ0n) is 12.2. The number of nitrogens with zero attached hydrogens (tertiary/aromatic N) is 3. The molecule has 0 aliphatic rings. The Hall–Kier alpha value is -2.46. The normalized spacial score (nSPS) is 11.1. The summed E-state index contributed by atoms with van der Waals surface area (Å²) in [5.74, 6) is 0. The first-order valence-electron chi connectivity index (χ1n) is 7.33. The van der Waals surface area contributed by atoms with Gasteiger partial charge in [0.2, 0.25) is 0 Å². The Morgan fingerprint density at radius 1 is 1.05 bits per heavy atom. The molecule has 0 N–H and O–H groups in total. The highest BCUT2D eigenvalue weighted by atomic mass is 32.1. The minimum Gasteiger partial charge on any atom is -0.236 e. The molecule has 4 aromatic rings. The van der Waals surface area contributed by atoms with Crippen LogP contribution >= 0.6 is 11.3 Å². The van der Waals surface area contributed by atoms with Crippen LogP contribution in [-0.2, 0) is 6.42 Å². The van der Waals surface area contributed by atoms with Crippen molar-refractivity contribution in [3.05, 3.63) is 65.1 Å². The van der Waals surface area contributed by atoms with Crippen molar-refractivity contribution in [2.45, 2.75) is 13.3 Å². The van der Waals surface area contributed by atoms with E-state index in [1.165, 1.54) is 11.1 Å². The molecule has 0 aliphatic heterocycles. The first-order valence-corrected chi connectivity index (χ1v) is 8.27. The highest BCUT2D eigenvalue weighted by Crippen LogP contribution is 2.31. The fraction of sp³-hybridized carbons (Fsp3) is 0.111. The van der Waals surface area contributed by atoms with E-state index in [9.17, 15) is 0 Å². The van der Waals surface area contributed by atoms with Crippen LogP contribution < -0.4 is 0 Å². The minimum atomic E-state index is 0.886. The maximum atomic E-state index is 4.82. The lowest BCUT2D eigenvalue weighted by atomic mass is 10.0. The fourth-order valence-corrected chi connectivity index (χ4v) is 3.42. The van der Waals surface area contributed by atoms with Gasteiger partial charge in [-0.25, -0.2) is 9.50 Å². The van der Waals surface area contributed by atoms with Gasteiger partial charge < -0.3 is 0 Å². The van der Waals surface area contributed by atoms with Crippen molar-refractivity contribution in [3.8, 4) is 22.4 Å². The highest BCUT2D eigenvalue weighted by Gasteiger charge is 2.16. The molecule has 0 bridgehead atoms. The molecule has 3 nitrogen and oxygen atoms in total. The molecule has 3 heterocycles. The summed E-state index contributed by atoms with van der Waals surface area (Å²) in [6.45, 7) is 2.14. The van der Waals surface area contributed by atoms with Crippen molar-refractivity contribution in [1.82, 2.24) is 14.6 Å². The second-order valence-corrected chi connectivity index (χ2v) is 5.90. The molecule has 0 atom stereocenters. The van der Waals surface area contributed by atoms with Crippen LogP contribution in [-0.4, -0.2) is 14.6 Å². The topological polar surface area (TPSA) is 30.2 Å². The van der Waals surface area contributed by atoms with Crippen LogP contribution in [0.25, 0.3) is 28.0 Å². The molecule has 4 heteroatoms. The van der Waals surface area contributed by atoms with Crippen LogP contribution in [0.1, 0.15) is 12.6 Å². The van der Waals surface area contributed by atoms with Gasteiger partial charge in [0.15, 0.2) is 5.65 Å². The van der Waals surface area contributed by atoms with Gasteiger partial charge in [-0.2, -0.15) is 16.4 Å². The molecular formula is C18H15N3S. The van der Waals surface area contributed by atoms with E-state index < -0.39 is 0 Å². The third-order valence-electron chi connectivity index (χ3n) is 3.81. The summed E-state index contributed by atoms with van der Waals surface area (Å²) in [5.41, 5.74) is 6.59. The third kappa shape index (κ3) is 2.04. The van der Waals surface area contributed by atoms with Gasteiger partial charge in [0, 0.05) is 22.7 Å². The first kappa shape index (κ1) is 13.2. The van der Waals surface area contributed by atoms with Gasteiger partial charge in [0.05, 0.1) is 11.4 Å². The lowest BCUT2D eigenvalue weighted by molar-refractivity contribution is 0.894.